The number of aromatic nitrogens is 2. The summed E-state index contributed by atoms with van der Waals surface area (Å²) in [6.45, 7) is 5.96. The average molecular weight is 642 g/mol. The van der Waals surface area contributed by atoms with Gasteiger partial charge in [0.25, 0.3) is 0 Å². The third kappa shape index (κ3) is 7.29. The van der Waals surface area contributed by atoms with Crippen LogP contribution in [0.5, 0.6) is 23.1 Å². The van der Waals surface area contributed by atoms with Gasteiger partial charge in [0.2, 0.25) is 15.9 Å². The van der Waals surface area contributed by atoms with Gasteiger partial charge in [-0.2, -0.15) is 4.98 Å². The lowest BCUT2D eigenvalue weighted by atomic mass is 9.86. The predicted octanol–water partition coefficient (Wildman–Crippen LogP) is 7.42. The Balaban J connectivity index is 1.43. The van der Waals surface area contributed by atoms with Crippen molar-refractivity contribution in [3.05, 3.63) is 90.6 Å². The van der Waals surface area contributed by atoms with Crippen molar-refractivity contribution in [2.45, 2.75) is 26.2 Å². The zero-order chi connectivity index (χ0) is 33.1. The first-order valence-corrected chi connectivity index (χ1v) is 16.2. The summed E-state index contributed by atoms with van der Waals surface area (Å²) in [6.07, 6.45) is 2.67. The number of rotatable bonds is 9. The van der Waals surface area contributed by atoms with Crippen LogP contribution < -0.4 is 29.6 Å². The molecule has 0 saturated heterocycles. The van der Waals surface area contributed by atoms with Gasteiger partial charge in [-0.25, -0.2) is 18.2 Å². The molecule has 238 valence electrons. The van der Waals surface area contributed by atoms with Gasteiger partial charge in [-0.15, -0.1) is 0 Å². The number of methoxy groups -OCH3 is 2. The Kier molecular flexibility index (Phi) is 9.01. The van der Waals surface area contributed by atoms with E-state index in [1.807, 2.05) is 69.3 Å². The molecule has 0 aliphatic rings. The van der Waals surface area contributed by atoms with Crippen molar-refractivity contribution in [2.75, 3.05) is 35.8 Å². The Morgan fingerprint density at radius 1 is 0.783 bits per heavy atom. The summed E-state index contributed by atoms with van der Waals surface area (Å²) >= 11 is 0. The molecule has 0 fully saturated rings. The topological polar surface area (TPSA) is 141 Å². The number of anilines is 3. The van der Waals surface area contributed by atoms with Crippen LogP contribution in [0.4, 0.5) is 21.9 Å². The second-order valence-electron chi connectivity index (χ2n) is 11.5. The van der Waals surface area contributed by atoms with E-state index in [1.54, 1.807) is 43.6 Å². The number of sulfonamides is 1. The predicted molar refractivity (Wildman–Crippen MR) is 181 cm³/mol. The molecule has 0 aliphatic carbocycles. The van der Waals surface area contributed by atoms with Gasteiger partial charge in [0.1, 0.15) is 11.5 Å². The van der Waals surface area contributed by atoms with E-state index >= 15 is 0 Å². The molecule has 5 aromatic rings. The fourth-order valence-electron chi connectivity index (χ4n) is 4.87. The minimum atomic E-state index is -3.62. The highest BCUT2D eigenvalue weighted by Gasteiger charge is 2.22. The maximum Gasteiger partial charge on any atom is 0.323 e. The number of urea groups is 1. The number of para-hydroxylation sites is 1. The Morgan fingerprint density at radius 2 is 1.46 bits per heavy atom. The normalized spacial score (nSPS) is 11.5. The fraction of sp³-hybridized carbons (Fsp3) is 0.206. The number of fused-ring (bicyclic) bond motifs is 1. The third-order valence-corrected chi connectivity index (χ3v) is 7.62. The molecule has 12 heteroatoms. The van der Waals surface area contributed by atoms with Gasteiger partial charge in [-0.1, -0.05) is 57.2 Å². The quantitative estimate of drug-likeness (QED) is 0.151. The van der Waals surface area contributed by atoms with E-state index in [1.165, 1.54) is 7.11 Å². The van der Waals surface area contributed by atoms with Crippen LogP contribution in [0.2, 0.25) is 0 Å². The van der Waals surface area contributed by atoms with Crippen LogP contribution in [0.3, 0.4) is 0 Å². The van der Waals surface area contributed by atoms with Crippen molar-refractivity contribution < 1.29 is 27.4 Å². The minimum Gasteiger partial charge on any atom is -0.496 e. The van der Waals surface area contributed by atoms with Crippen LogP contribution in [0, 0.1) is 0 Å². The van der Waals surface area contributed by atoms with Crippen LogP contribution in [0.25, 0.3) is 22.2 Å². The molecule has 3 N–H and O–H groups in total. The zero-order valence-electron chi connectivity index (χ0n) is 26.3. The van der Waals surface area contributed by atoms with Crippen LogP contribution >= 0.6 is 0 Å². The number of ether oxygens (including phenoxy) is 3. The molecule has 1 heterocycles. The lowest BCUT2D eigenvalue weighted by Crippen LogP contribution is -2.22. The van der Waals surface area contributed by atoms with Gasteiger partial charge in [0.05, 0.1) is 43.1 Å². The van der Waals surface area contributed by atoms with Crippen LogP contribution in [0.15, 0.2) is 85.1 Å². The van der Waals surface area contributed by atoms with Crippen molar-refractivity contribution in [3.8, 4) is 34.5 Å². The first-order chi connectivity index (χ1) is 21.9. The zero-order valence-corrected chi connectivity index (χ0v) is 27.2. The summed E-state index contributed by atoms with van der Waals surface area (Å²) in [5.74, 6) is 2.14. The molecular formula is C34H35N5O6S. The highest BCUT2D eigenvalue weighted by Crippen LogP contribution is 2.40. The number of nitrogens with zero attached hydrogens (tertiary/aromatic N) is 2. The molecule has 5 rings (SSSR count). The molecule has 1 aromatic heterocycles. The highest BCUT2D eigenvalue weighted by atomic mass is 32.2. The van der Waals surface area contributed by atoms with Crippen molar-refractivity contribution >= 4 is 43.9 Å². The summed E-state index contributed by atoms with van der Waals surface area (Å²) < 4.78 is 43.9. The number of carbonyl (C=O) groups is 1. The molecule has 2 amide bonds. The molecule has 0 radical (unpaired) electrons. The van der Waals surface area contributed by atoms with Gasteiger partial charge >= 0.3 is 6.03 Å². The largest absolute Gasteiger partial charge is 0.496 e. The maximum absolute atomic E-state index is 13.4. The summed E-state index contributed by atoms with van der Waals surface area (Å²) in [7, 11) is -0.621. The average Bonchev–Trinajstić information content (AvgIpc) is 3.01. The number of hydrogen-bond acceptors (Lipinski definition) is 8. The fourth-order valence-corrected chi connectivity index (χ4v) is 5.42. The lowest BCUT2D eigenvalue weighted by Gasteiger charge is -2.24. The first-order valence-electron chi connectivity index (χ1n) is 14.3. The molecule has 11 nitrogen and oxygen atoms in total. The van der Waals surface area contributed by atoms with Crippen LogP contribution in [-0.4, -0.2) is 44.9 Å². The van der Waals surface area contributed by atoms with E-state index in [0.717, 1.165) is 28.2 Å². The Hall–Kier alpha value is -5.36. The summed E-state index contributed by atoms with van der Waals surface area (Å²) in [5, 5.41) is 7.20. The van der Waals surface area contributed by atoms with E-state index in [9.17, 15) is 13.2 Å². The third-order valence-electron chi connectivity index (χ3n) is 7.03. The van der Waals surface area contributed by atoms with Crippen LogP contribution in [0.1, 0.15) is 26.3 Å². The maximum atomic E-state index is 13.4. The van der Waals surface area contributed by atoms with E-state index < -0.39 is 16.1 Å². The Morgan fingerprint density at radius 3 is 2.15 bits per heavy atom. The standard InChI is InChI=1S/C34H35N5O6S/c1-34(2,3)21-19-26(31(44-5)27(20-21)39-46(6,41)42)37-33(40)36-25-15-16-29(23-12-8-7-11-22(23)25)45-30-17-18-35-32(38-30)24-13-9-10-14-28(24)43-4/h7-20,39H,1-6H3,(H2,36,37,40). The molecule has 4 aromatic carbocycles. The number of hydrogen-bond donors (Lipinski definition) is 3. The molecule has 0 bridgehead atoms. The lowest BCUT2D eigenvalue weighted by molar-refractivity contribution is 0.262. The van der Waals surface area contributed by atoms with Crippen molar-refractivity contribution in [1.29, 1.82) is 0 Å². The molecule has 0 unspecified atom stereocenters. The Bertz CT molecular complexity index is 2030. The molecule has 0 aliphatic heterocycles. The van der Waals surface area contributed by atoms with E-state index in [-0.39, 0.29) is 16.9 Å². The summed E-state index contributed by atoms with van der Waals surface area (Å²) in [4.78, 5) is 22.4. The van der Waals surface area contributed by atoms with Gasteiger partial charge in [-0.05, 0) is 47.4 Å². The molecular weight excluding hydrogens is 606 g/mol. The Labute approximate surface area is 268 Å². The SMILES string of the molecule is COc1ccccc1-c1nccc(Oc2ccc(NC(=O)Nc3cc(C(C)(C)C)cc(NS(C)(=O)=O)c3OC)c3ccccc23)n1. The van der Waals surface area contributed by atoms with Gasteiger partial charge < -0.3 is 24.8 Å². The summed E-state index contributed by atoms with van der Waals surface area (Å²) in [5.41, 5.74) is 2.22. The van der Waals surface area contributed by atoms with Gasteiger partial charge in [-0.3, -0.25) is 4.72 Å². The highest BCUT2D eigenvalue weighted by molar-refractivity contribution is 7.92. The number of amides is 2. The minimum absolute atomic E-state index is 0.180. The molecule has 46 heavy (non-hydrogen) atoms. The van der Waals surface area contributed by atoms with Gasteiger partial charge in [0.15, 0.2) is 11.6 Å². The molecule has 0 atom stereocenters. The van der Waals surface area contributed by atoms with Crippen molar-refractivity contribution in [2.24, 2.45) is 0 Å². The van der Waals surface area contributed by atoms with E-state index in [0.29, 0.717) is 34.6 Å². The first kappa shape index (κ1) is 32.0. The molecule has 0 saturated carbocycles. The second kappa shape index (κ2) is 12.9. The molecule has 0 spiro atoms. The number of nitrogens with one attached hydrogen (secondary N) is 3. The van der Waals surface area contributed by atoms with E-state index in [4.69, 9.17) is 14.2 Å². The number of carbonyl (C=O) groups excluding carboxylic acids is 1. The smallest absolute Gasteiger partial charge is 0.323 e. The van der Waals surface area contributed by atoms with Crippen LogP contribution in [-0.2, 0) is 15.4 Å². The number of benzene rings is 4. The van der Waals surface area contributed by atoms with Crippen molar-refractivity contribution in [1.82, 2.24) is 9.97 Å². The van der Waals surface area contributed by atoms with E-state index in [2.05, 4.69) is 25.3 Å². The van der Waals surface area contributed by atoms with Gasteiger partial charge in [0, 0.05) is 23.0 Å². The van der Waals surface area contributed by atoms with Crippen molar-refractivity contribution in [3.63, 3.8) is 0 Å². The second-order valence-corrected chi connectivity index (χ2v) is 13.2. The monoisotopic (exact) mass is 641 g/mol. The summed E-state index contributed by atoms with van der Waals surface area (Å²) in [6, 6.07) is 23.0.